The number of sulfonamides is 1. The van der Waals surface area contributed by atoms with Gasteiger partial charge < -0.3 is 4.90 Å². The maximum atomic E-state index is 13.7. The molecule has 0 radical (unpaired) electrons. The molecule has 110 valence electrons. The van der Waals surface area contributed by atoms with Gasteiger partial charge in [0.2, 0.25) is 10.0 Å². The third-order valence-corrected chi connectivity index (χ3v) is 4.65. The number of likely N-dealkylation sites (tertiary alicyclic amines) is 1. The minimum Gasteiger partial charge on any atom is -0.336 e. The Bertz CT molecular complexity index is 663. The van der Waals surface area contributed by atoms with Crippen molar-refractivity contribution in [2.45, 2.75) is 30.7 Å². The highest BCUT2D eigenvalue weighted by Gasteiger charge is 2.29. The molecule has 2 rings (SSSR count). The zero-order valence-corrected chi connectivity index (χ0v) is 12.3. The van der Waals surface area contributed by atoms with Gasteiger partial charge in [-0.05, 0) is 31.9 Å². The molecule has 0 saturated carbocycles. The van der Waals surface area contributed by atoms with Gasteiger partial charge in [-0.25, -0.2) is 17.9 Å². The van der Waals surface area contributed by atoms with Gasteiger partial charge in [-0.3, -0.25) is 4.79 Å². The van der Waals surface area contributed by atoms with Crippen molar-refractivity contribution >= 4 is 27.5 Å². The Morgan fingerprint density at radius 1 is 1.50 bits per heavy atom. The summed E-state index contributed by atoms with van der Waals surface area (Å²) in [5.41, 5.74) is -0.176. The van der Waals surface area contributed by atoms with Gasteiger partial charge in [-0.2, -0.15) is 0 Å². The van der Waals surface area contributed by atoms with Crippen molar-refractivity contribution in [2.24, 2.45) is 5.14 Å². The highest BCUT2D eigenvalue weighted by Crippen LogP contribution is 2.27. The van der Waals surface area contributed by atoms with Crippen molar-refractivity contribution in [3.8, 4) is 0 Å². The molecule has 8 heteroatoms. The molecule has 1 unspecified atom stereocenters. The summed E-state index contributed by atoms with van der Waals surface area (Å²) in [5.74, 6) is -1.46. The van der Waals surface area contributed by atoms with Crippen molar-refractivity contribution in [3.05, 3.63) is 28.5 Å². The molecule has 1 heterocycles. The first-order chi connectivity index (χ1) is 9.21. The number of hydrogen-bond donors (Lipinski definition) is 1. The predicted molar refractivity (Wildman–Crippen MR) is 72.5 cm³/mol. The van der Waals surface area contributed by atoms with E-state index in [1.165, 1.54) is 0 Å². The molecule has 1 aliphatic rings. The molecular weight excluding hydrogens is 307 g/mol. The lowest BCUT2D eigenvalue weighted by Gasteiger charge is -2.22. The highest BCUT2D eigenvalue weighted by atomic mass is 35.5. The lowest BCUT2D eigenvalue weighted by Crippen LogP contribution is -2.34. The lowest BCUT2D eigenvalue weighted by molar-refractivity contribution is 0.0747. The van der Waals surface area contributed by atoms with E-state index >= 15 is 0 Å². The van der Waals surface area contributed by atoms with Crippen LogP contribution >= 0.6 is 11.6 Å². The molecule has 1 aromatic carbocycles. The third kappa shape index (κ3) is 2.79. The van der Waals surface area contributed by atoms with E-state index in [4.69, 9.17) is 16.7 Å². The van der Waals surface area contributed by atoms with Gasteiger partial charge in [0.15, 0.2) is 0 Å². The number of nitrogens with two attached hydrogens (primary N) is 1. The number of hydrogen-bond acceptors (Lipinski definition) is 3. The Labute approximate surface area is 121 Å². The van der Waals surface area contributed by atoms with Gasteiger partial charge in [0, 0.05) is 12.6 Å². The number of primary sulfonamides is 1. The van der Waals surface area contributed by atoms with Crippen molar-refractivity contribution in [3.63, 3.8) is 0 Å². The number of rotatable bonds is 2. The van der Waals surface area contributed by atoms with Crippen LogP contribution in [0.3, 0.4) is 0 Å². The van der Waals surface area contributed by atoms with Crippen LogP contribution in [0.5, 0.6) is 0 Å². The lowest BCUT2D eigenvalue weighted by atomic mass is 10.1. The molecule has 1 saturated heterocycles. The van der Waals surface area contributed by atoms with Crippen LogP contribution in [-0.2, 0) is 10.0 Å². The van der Waals surface area contributed by atoms with Crippen molar-refractivity contribution in [1.29, 1.82) is 0 Å². The second-order valence-electron chi connectivity index (χ2n) is 4.80. The van der Waals surface area contributed by atoms with E-state index in [1.807, 2.05) is 6.92 Å². The van der Waals surface area contributed by atoms with Crippen LogP contribution in [0.25, 0.3) is 0 Å². The Morgan fingerprint density at radius 3 is 2.65 bits per heavy atom. The van der Waals surface area contributed by atoms with E-state index < -0.39 is 26.6 Å². The first-order valence-electron chi connectivity index (χ1n) is 6.04. The Kier molecular flexibility index (Phi) is 4.04. The van der Waals surface area contributed by atoms with Crippen LogP contribution in [0.15, 0.2) is 17.0 Å². The summed E-state index contributed by atoms with van der Waals surface area (Å²) < 4.78 is 36.3. The van der Waals surface area contributed by atoms with E-state index in [2.05, 4.69) is 0 Å². The molecule has 0 aliphatic carbocycles. The molecule has 5 nitrogen and oxygen atoms in total. The second-order valence-corrected chi connectivity index (χ2v) is 6.74. The maximum Gasteiger partial charge on any atom is 0.255 e. The number of amides is 1. The van der Waals surface area contributed by atoms with Crippen LogP contribution in [0.4, 0.5) is 4.39 Å². The highest BCUT2D eigenvalue weighted by molar-refractivity contribution is 7.89. The van der Waals surface area contributed by atoms with Gasteiger partial charge in [-0.15, -0.1) is 0 Å². The quantitative estimate of drug-likeness (QED) is 0.901. The fourth-order valence-electron chi connectivity index (χ4n) is 2.27. The largest absolute Gasteiger partial charge is 0.336 e. The zero-order chi connectivity index (χ0) is 15.1. The summed E-state index contributed by atoms with van der Waals surface area (Å²) in [4.78, 5) is 13.4. The number of nitrogens with zero attached hydrogens (tertiary/aromatic N) is 1. The number of carbonyl (C=O) groups excluding carboxylic acids is 1. The van der Waals surface area contributed by atoms with Crippen molar-refractivity contribution in [1.82, 2.24) is 4.90 Å². The summed E-state index contributed by atoms with van der Waals surface area (Å²) >= 11 is 5.78. The average molecular weight is 321 g/mol. The molecule has 1 aromatic rings. The second kappa shape index (κ2) is 5.31. The molecule has 1 fully saturated rings. The van der Waals surface area contributed by atoms with Gasteiger partial charge in [0.25, 0.3) is 5.91 Å². The molecule has 0 aromatic heterocycles. The van der Waals surface area contributed by atoms with Crippen molar-refractivity contribution < 1.29 is 17.6 Å². The minimum atomic E-state index is -4.10. The van der Waals surface area contributed by atoms with E-state index in [0.29, 0.717) is 12.6 Å². The SMILES string of the molecule is CC1CCCN1C(=O)c1cc(S(N)(=O)=O)cc(F)c1Cl. The Hall–Kier alpha value is -1.18. The molecule has 1 amide bonds. The fourth-order valence-corrected chi connectivity index (χ4v) is 3.01. The summed E-state index contributed by atoms with van der Waals surface area (Å²) in [6.45, 7) is 2.41. The van der Waals surface area contributed by atoms with Gasteiger partial charge in [-0.1, -0.05) is 11.6 Å². The first-order valence-corrected chi connectivity index (χ1v) is 7.97. The van der Waals surface area contributed by atoms with Crippen LogP contribution in [0.1, 0.15) is 30.1 Å². The van der Waals surface area contributed by atoms with E-state index in [1.54, 1.807) is 4.90 Å². The minimum absolute atomic E-state index is 0.0137. The maximum absolute atomic E-state index is 13.7. The summed E-state index contributed by atoms with van der Waals surface area (Å²) in [7, 11) is -4.10. The monoisotopic (exact) mass is 320 g/mol. The fraction of sp³-hybridized carbons (Fsp3) is 0.417. The van der Waals surface area contributed by atoms with Crippen molar-refractivity contribution in [2.75, 3.05) is 6.54 Å². The Balaban J connectivity index is 2.50. The average Bonchev–Trinajstić information content (AvgIpc) is 2.76. The van der Waals surface area contributed by atoms with E-state index in [-0.39, 0.29) is 16.6 Å². The van der Waals surface area contributed by atoms with Crippen LogP contribution in [0.2, 0.25) is 5.02 Å². The van der Waals surface area contributed by atoms with E-state index in [0.717, 1.165) is 18.9 Å². The molecule has 0 spiro atoms. The molecule has 20 heavy (non-hydrogen) atoms. The zero-order valence-electron chi connectivity index (χ0n) is 10.8. The number of benzene rings is 1. The van der Waals surface area contributed by atoms with Crippen LogP contribution in [-0.4, -0.2) is 31.8 Å². The normalized spacial score (nSPS) is 19.4. The number of halogens is 2. The first kappa shape index (κ1) is 15.2. The predicted octanol–water partition coefficient (Wildman–Crippen LogP) is 1.75. The molecule has 1 atom stereocenters. The van der Waals surface area contributed by atoms with Crippen LogP contribution < -0.4 is 5.14 Å². The molecule has 2 N–H and O–H groups in total. The summed E-state index contributed by atoms with van der Waals surface area (Å²) in [6, 6.07) is 1.75. The summed E-state index contributed by atoms with van der Waals surface area (Å²) in [6.07, 6.45) is 1.70. The van der Waals surface area contributed by atoms with Crippen LogP contribution in [0, 0.1) is 5.82 Å². The Morgan fingerprint density at radius 2 is 2.15 bits per heavy atom. The van der Waals surface area contributed by atoms with Gasteiger partial charge in [0.1, 0.15) is 5.82 Å². The third-order valence-electron chi connectivity index (χ3n) is 3.37. The number of carbonyl (C=O) groups is 1. The van der Waals surface area contributed by atoms with E-state index in [9.17, 15) is 17.6 Å². The van der Waals surface area contributed by atoms with Gasteiger partial charge in [0.05, 0.1) is 15.5 Å². The smallest absolute Gasteiger partial charge is 0.255 e. The van der Waals surface area contributed by atoms with Gasteiger partial charge >= 0.3 is 0 Å². The topological polar surface area (TPSA) is 80.5 Å². The molecule has 1 aliphatic heterocycles. The standard InChI is InChI=1S/C12H14ClFN2O3S/c1-7-3-2-4-16(7)12(17)9-5-8(20(15,18)19)6-10(14)11(9)13/h5-7H,2-4H2,1H3,(H2,15,18,19). The molecule has 0 bridgehead atoms. The molecular formula is C12H14ClFN2O3S. The summed E-state index contributed by atoms with van der Waals surface area (Å²) in [5, 5.41) is 4.58.